The summed E-state index contributed by atoms with van der Waals surface area (Å²) in [5.74, 6) is 2.15. The van der Waals surface area contributed by atoms with Gasteiger partial charge in [0.2, 0.25) is 11.2 Å². The Balaban J connectivity index is 0.000000146. The number of carbonyl (C=O) groups excluding carboxylic acids is 2. The van der Waals surface area contributed by atoms with Gasteiger partial charge in [-0.05, 0) is 105 Å². The van der Waals surface area contributed by atoms with Gasteiger partial charge in [0.05, 0.1) is 60.7 Å². The lowest BCUT2D eigenvalue weighted by atomic mass is 9.73. The van der Waals surface area contributed by atoms with Crippen molar-refractivity contribution in [1.29, 1.82) is 0 Å². The van der Waals surface area contributed by atoms with Crippen LogP contribution in [-0.4, -0.2) is 160 Å². The Morgan fingerprint density at radius 3 is 1.56 bits per heavy atom. The maximum Gasteiger partial charge on any atom is 0.251 e. The monoisotopic (exact) mass is 1010 g/mol. The smallest absolute Gasteiger partial charge is 0.251 e. The first-order chi connectivity index (χ1) is 35.5. The van der Waals surface area contributed by atoms with Gasteiger partial charge in [0, 0.05) is 107 Å². The molecule has 0 radical (unpaired) electrons. The summed E-state index contributed by atoms with van der Waals surface area (Å²) in [6.45, 7) is 16.4. The molecule has 10 heterocycles. The topological polar surface area (TPSA) is 194 Å². The molecule has 2 aromatic carbocycles. The molecule has 0 saturated carbocycles. The van der Waals surface area contributed by atoms with Gasteiger partial charge in [0.15, 0.2) is 11.3 Å². The van der Waals surface area contributed by atoms with E-state index in [4.69, 9.17) is 45.5 Å². The molecule has 12 rings (SSSR count). The van der Waals surface area contributed by atoms with Crippen molar-refractivity contribution in [1.82, 2.24) is 45.9 Å². The highest BCUT2D eigenvalue weighted by Gasteiger charge is 2.45. The van der Waals surface area contributed by atoms with E-state index in [1.54, 1.807) is 32.3 Å². The normalized spacial score (nSPS) is 21.0. The predicted molar refractivity (Wildman–Crippen MR) is 283 cm³/mol. The molecule has 384 valence electrons. The van der Waals surface area contributed by atoms with Crippen LogP contribution in [0.3, 0.4) is 0 Å². The molecule has 0 aliphatic carbocycles. The lowest BCUT2D eigenvalue weighted by Gasteiger charge is -2.52. The van der Waals surface area contributed by atoms with Gasteiger partial charge in [-0.1, -0.05) is 24.3 Å². The Morgan fingerprint density at radius 2 is 1.10 bits per heavy atom. The molecule has 2 atom stereocenters. The molecule has 2 spiro atoms. The molecule has 6 saturated heterocycles. The second-order valence-electron chi connectivity index (χ2n) is 20.0. The molecule has 4 aromatic heterocycles. The Bertz CT molecular complexity index is 2940. The highest BCUT2D eigenvalue weighted by Crippen LogP contribution is 2.42. The van der Waals surface area contributed by atoms with Crippen molar-refractivity contribution in [2.45, 2.75) is 51.6 Å². The van der Waals surface area contributed by atoms with Crippen LogP contribution in [0.2, 0.25) is 5.28 Å². The van der Waals surface area contributed by atoms with Crippen molar-refractivity contribution in [2.75, 3.05) is 121 Å². The summed E-state index contributed by atoms with van der Waals surface area (Å²) in [7, 11) is 3.24. The van der Waals surface area contributed by atoms with Gasteiger partial charge in [-0.15, -0.1) is 0 Å². The third kappa shape index (κ3) is 11.1. The minimum Gasteiger partial charge on any atom is -0.381 e. The van der Waals surface area contributed by atoms with Crippen LogP contribution in [0.4, 0.5) is 17.6 Å². The molecule has 0 bridgehead atoms. The number of carbonyl (C=O) groups is 2. The third-order valence-electron chi connectivity index (χ3n) is 15.1. The van der Waals surface area contributed by atoms with Gasteiger partial charge in [-0.2, -0.15) is 19.9 Å². The van der Waals surface area contributed by atoms with Gasteiger partial charge in [0.25, 0.3) is 11.8 Å². The molecule has 6 aromatic rings. The average Bonchev–Trinajstić information content (AvgIpc) is 3.41. The standard InChI is InChI=1S/C27H32N6O3.C20H20ClN5O2.C7H13NO/c1-18-15-36-13-10-33(18)24-21-6-7-22(19-4-3-5-20(14-19)25(34)28-2)29-23(21)30-26(31-24)32-16-27(17-32)8-11-35-12-9-27;1-12-11-28-9-8-26(12)18-15-6-7-16(23-17(15)24-20(21)25-18)13-4-3-5-14(10-13)19(27)22-2;1-3-9-4-2-7(1)5-8-6-7/h3-7,14,18H,8-13,15-17H2,1-2H3,(H,28,34);3-7,10,12H,8-9,11H2,1-2H3,(H,22,27);8H,1-6H2/t18-;12-;/m00./s1. The van der Waals surface area contributed by atoms with Gasteiger partial charge in [-0.3, -0.25) is 9.59 Å². The molecule has 73 heavy (non-hydrogen) atoms. The summed E-state index contributed by atoms with van der Waals surface area (Å²) in [5, 5.41) is 10.6. The van der Waals surface area contributed by atoms with Gasteiger partial charge in [0.1, 0.15) is 11.6 Å². The van der Waals surface area contributed by atoms with Gasteiger partial charge >= 0.3 is 0 Å². The largest absolute Gasteiger partial charge is 0.381 e. The van der Waals surface area contributed by atoms with E-state index in [1.165, 1.54) is 25.9 Å². The number of ether oxygens (including phenoxy) is 4. The maximum absolute atomic E-state index is 12.2. The lowest BCUT2D eigenvalue weighted by molar-refractivity contribution is -0.0130. The summed E-state index contributed by atoms with van der Waals surface area (Å²) >= 11 is 6.20. The molecule has 6 aliphatic heterocycles. The molecular weight excluding hydrogens is 948 g/mol. The van der Waals surface area contributed by atoms with Crippen molar-refractivity contribution in [3.8, 4) is 22.5 Å². The molecule has 18 nitrogen and oxygen atoms in total. The number of fused-ring (bicyclic) bond motifs is 2. The number of pyridine rings is 2. The Kier molecular flexibility index (Phi) is 15.3. The predicted octanol–water partition coefficient (Wildman–Crippen LogP) is 6.21. The van der Waals surface area contributed by atoms with Crippen molar-refractivity contribution in [2.24, 2.45) is 10.8 Å². The van der Waals surface area contributed by atoms with E-state index in [-0.39, 0.29) is 29.2 Å². The van der Waals surface area contributed by atoms with E-state index >= 15 is 0 Å². The van der Waals surface area contributed by atoms with Crippen LogP contribution in [0.25, 0.3) is 44.6 Å². The van der Waals surface area contributed by atoms with Crippen LogP contribution in [0.1, 0.15) is 60.2 Å². The summed E-state index contributed by atoms with van der Waals surface area (Å²) in [6, 6.07) is 23.2. The third-order valence-corrected chi connectivity index (χ3v) is 15.2. The summed E-state index contributed by atoms with van der Waals surface area (Å²) in [6.07, 6.45) is 4.74. The fourth-order valence-electron chi connectivity index (χ4n) is 10.5. The zero-order valence-corrected chi connectivity index (χ0v) is 42.9. The van der Waals surface area contributed by atoms with Gasteiger partial charge in [-0.25, -0.2) is 9.97 Å². The van der Waals surface area contributed by atoms with Crippen molar-refractivity contribution in [3.63, 3.8) is 0 Å². The molecule has 2 amide bonds. The number of anilines is 3. The summed E-state index contributed by atoms with van der Waals surface area (Å²) in [4.78, 5) is 59.3. The van der Waals surface area contributed by atoms with E-state index in [9.17, 15) is 9.59 Å². The number of hydrogen-bond acceptors (Lipinski definition) is 16. The fraction of sp³-hybridized carbons (Fsp3) is 0.481. The van der Waals surface area contributed by atoms with Crippen molar-refractivity contribution >= 4 is 63.1 Å². The second kappa shape index (κ2) is 22.1. The van der Waals surface area contributed by atoms with Crippen LogP contribution in [0.5, 0.6) is 0 Å². The number of nitrogens with zero attached hydrogens (tertiary/aromatic N) is 9. The minimum absolute atomic E-state index is 0.120. The Hall–Kier alpha value is -6.15. The highest BCUT2D eigenvalue weighted by molar-refractivity contribution is 6.28. The first-order valence-corrected chi connectivity index (χ1v) is 25.9. The molecule has 6 fully saturated rings. The quantitative estimate of drug-likeness (QED) is 0.153. The number of nitrogens with one attached hydrogen (secondary N) is 3. The van der Waals surface area contributed by atoms with Crippen LogP contribution >= 0.6 is 11.6 Å². The van der Waals surface area contributed by atoms with Crippen LogP contribution < -0.4 is 30.7 Å². The maximum atomic E-state index is 12.2. The van der Waals surface area contributed by atoms with Crippen molar-refractivity contribution < 1.29 is 28.5 Å². The number of halogens is 1. The zero-order valence-electron chi connectivity index (χ0n) is 42.2. The fourth-order valence-corrected chi connectivity index (χ4v) is 10.7. The van der Waals surface area contributed by atoms with E-state index < -0.39 is 0 Å². The molecule has 0 unspecified atom stereocenters. The number of morpholine rings is 2. The first kappa shape index (κ1) is 50.4. The van der Waals surface area contributed by atoms with Gasteiger partial charge < -0.3 is 49.6 Å². The van der Waals surface area contributed by atoms with Crippen molar-refractivity contribution in [3.05, 3.63) is 89.2 Å². The minimum atomic E-state index is -0.142. The molecule has 3 N–H and O–H groups in total. The first-order valence-electron chi connectivity index (χ1n) is 25.5. The summed E-state index contributed by atoms with van der Waals surface area (Å²) < 4.78 is 22.1. The SMILES string of the molecule is C1CC2(CCO1)CNC2.CNC(=O)c1cccc(-c2ccc3c(N4CCOC[C@@H]4C)nc(Cl)nc3n2)c1.CNC(=O)c1cccc(-c2ccc3c(N4CCOC[C@@H]4C)nc(N4CC5(CCOCC5)C4)nc3n2)c1. The molecular formula is C54H65ClN12O6. The number of amides is 2. The number of rotatable bonds is 7. The number of hydrogen-bond donors (Lipinski definition) is 3. The summed E-state index contributed by atoms with van der Waals surface area (Å²) in [5.41, 5.74) is 6.56. The number of benzene rings is 2. The van der Waals surface area contributed by atoms with E-state index in [2.05, 4.69) is 65.5 Å². The Labute approximate surface area is 430 Å². The highest BCUT2D eigenvalue weighted by atomic mass is 35.5. The molecule has 19 heteroatoms. The molecule has 6 aliphatic rings. The average molecular weight is 1010 g/mol. The van der Waals surface area contributed by atoms with E-state index in [0.29, 0.717) is 65.4 Å². The van der Waals surface area contributed by atoms with Crippen LogP contribution in [0.15, 0.2) is 72.8 Å². The lowest BCUT2D eigenvalue weighted by Crippen LogP contribution is -2.59. The Morgan fingerprint density at radius 1 is 0.603 bits per heavy atom. The number of aromatic nitrogens is 6. The van der Waals surface area contributed by atoms with E-state index in [0.717, 1.165) is 111 Å². The van der Waals surface area contributed by atoms with Crippen LogP contribution in [-0.2, 0) is 18.9 Å². The van der Waals surface area contributed by atoms with Crippen LogP contribution in [0, 0.1) is 10.8 Å². The zero-order chi connectivity index (χ0) is 50.5. The second-order valence-corrected chi connectivity index (χ2v) is 20.4. The van der Waals surface area contributed by atoms with E-state index in [1.807, 2.05) is 48.5 Å².